The summed E-state index contributed by atoms with van der Waals surface area (Å²) in [5.41, 5.74) is -1.47. The van der Waals surface area contributed by atoms with Crippen molar-refractivity contribution in [3.05, 3.63) is 40.6 Å². The van der Waals surface area contributed by atoms with Crippen LogP contribution in [0.3, 0.4) is 0 Å². The number of benzene rings is 2. The number of aromatic hydroxyl groups is 3. The van der Waals surface area contributed by atoms with E-state index in [4.69, 9.17) is 23.4 Å². The Hall–Kier alpha value is -3.75. The number of ether oxygens (including phenoxy) is 4. The van der Waals surface area contributed by atoms with Crippen LogP contribution in [0.1, 0.15) is 0 Å². The number of hydrogen-bond acceptors (Lipinski definition) is 17. The molecule has 2 aromatic carbocycles. The van der Waals surface area contributed by atoms with Gasteiger partial charge >= 0.3 is 0 Å². The van der Waals surface area contributed by atoms with Gasteiger partial charge in [-0.2, -0.15) is 0 Å². The van der Waals surface area contributed by atoms with Crippen molar-refractivity contribution in [1.82, 2.24) is 0 Å². The van der Waals surface area contributed by atoms with Gasteiger partial charge in [0, 0.05) is 11.6 Å². The molecule has 3 heterocycles. The Morgan fingerprint density at radius 3 is 1.68 bits per heavy atom. The molecule has 17 heteroatoms. The van der Waals surface area contributed by atoms with Crippen LogP contribution in [0, 0.1) is 0 Å². The third-order valence-electron chi connectivity index (χ3n) is 7.34. The second kappa shape index (κ2) is 12.3. The number of fused-ring (bicyclic) bond motifs is 1. The van der Waals surface area contributed by atoms with Crippen molar-refractivity contribution in [1.29, 1.82) is 0 Å². The first-order valence-corrected chi connectivity index (χ1v) is 13.2. The lowest BCUT2D eigenvalue weighted by atomic mass is 9.99. The highest BCUT2D eigenvalue weighted by atomic mass is 16.7. The van der Waals surface area contributed by atoms with E-state index in [1.54, 1.807) is 0 Å². The molecule has 0 spiro atoms. The van der Waals surface area contributed by atoms with Crippen LogP contribution in [0.2, 0.25) is 0 Å². The predicted octanol–water partition coefficient (Wildman–Crippen LogP) is -3.07. The van der Waals surface area contributed by atoms with Gasteiger partial charge < -0.3 is 79.5 Å². The SMILES string of the molecule is O=c1c(O[C@@H]2O[C@H](CO)[C@@H](O)[C@H](O)[C@H]2O)c(-c2ccc(O)cc2)oc2cc(O)c(O[C@@H]3O[C@H](CO)[C@@H](O)[C@H](O)[C@H]3O)c(O)c12. The molecule has 11 N–H and O–H groups in total. The molecule has 0 amide bonds. The van der Waals surface area contributed by atoms with E-state index in [2.05, 4.69) is 0 Å². The summed E-state index contributed by atoms with van der Waals surface area (Å²) in [6.07, 6.45) is -17.7. The molecule has 10 atom stereocenters. The first kappa shape index (κ1) is 31.7. The van der Waals surface area contributed by atoms with Crippen LogP contribution >= 0.6 is 0 Å². The first-order valence-electron chi connectivity index (χ1n) is 13.2. The van der Waals surface area contributed by atoms with E-state index >= 15 is 0 Å². The van der Waals surface area contributed by atoms with Gasteiger partial charge in [-0.25, -0.2) is 0 Å². The molecule has 17 nitrogen and oxygen atoms in total. The lowest BCUT2D eigenvalue weighted by Gasteiger charge is -2.39. The molecule has 44 heavy (non-hydrogen) atoms. The Labute approximate surface area is 246 Å². The number of hydrogen-bond donors (Lipinski definition) is 11. The Balaban J connectivity index is 1.63. The summed E-state index contributed by atoms with van der Waals surface area (Å²) in [6, 6.07) is 5.97. The van der Waals surface area contributed by atoms with E-state index in [-0.39, 0.29) is 17.1 Å². The minimum absolute atomic E-state index is 0.113. The smallest absolute Gasteiger partial charge is 0.239 e. The zero-order valence-electron chi connectivity index (χ0n) is 22.4. The highest BCUT2D eigenvalue weighted by Crippen LogP contribution is 2.45. The van der Waals surface area contributed by atoms with Gasteiger partial charge in [0.05, 0.1) is 13.2 Å². The predicted molar refractivity (Wildman–Crippen MR) is 142 cm³/mol. The highest BCUT2D eigenvalue weighted by Gasteiger charge is 2.47. The topological polar surface area (TPSA) is 290 Å². The molecule has 0 radical (unpaired) electrons. The summed E-state index contributed by atoms with van der Waals surface area (Å²) in [5, 5.41) is 111. The van der Waals surface area contributed by atoms with Gasteiger partial charge in [-0.05, 0) is 24.3 Å². The number of phenols is 3. The Morgan fingerprint density at radius 1 is 0.682 bits per heavy atom. The standard InChI is InChI=1S/C27H30O17/c28-6-12-15(32)19(36)21(38)26(41-12)43-24-10(31)5-11-14(17(24)34)18(35)25(23(40-11)8-1-3-9(30)4-2-8)44-27-22(39)20(37)16(33)13(7-29)42-27/h1-5,12-13,15-16,19-22,26-34,36-39H,6-7H2/t12-,13-,15-,16-,19+,20+,21-,22-,26+,27+/m1/s1. The van der Waals surface area contributed by atoms with E-state index in [0.717, 1.165) is 6.07 Å². The second-order valence-corrected chi connectivity index (χ2v) is 10.2. The molecule has 2 aliphatic rings. The molecule has 5 rings (SSSR count). The van der Waals surface area contributed by atoms with Crippen molar-refractivity contribution < 1.29 is 79.5 Å². The number of aliphatic hydroxyl groups excluding tert-OH is 8. The molecule has 0 saturated carbocycles. The minimum Gasteiger partial charge on any atom is -0.508 e. The molecular weight excluding hydrogens is 596 g/mol. The zero-order valence-corrected chi connectivity index (χ0v) is 22.4. The fraction of sp³-hybridized carbons (Fsp3) is 0.444. The van der Waals surface area contributed by atoms with Crippen LogP contribution in [0.15, 0.2) is 39.5 Å². The molecule has 1 aromatic heterocycles. The molecule has 0 bridgehead atoms. The number of rotatable bonds is 7. The monoisotopic (exact) mass is 626 g/mol. The fourth-order valence-corrected chi connectivity index (χ4v) is 4.87. The van der Waals surface area contributed by atoms with Gasteiger partial charge in [-0.3, -0.25) is 4.79 Å². The molecule has 2 fully saturated rings. The minimum atomic E-state index is -1.95. The maximum atomic E-state index is 13.9. The molecule has 0 aliphatic carbocycles. The van der Waals surface area contributed by atoms with Crippen LogP contribution in [0.25, 0.3) is 22.3 Å². The first-order chi connectivity index (χ1) is 20.9. The Bertz CT molecular complexity index is 1540. The van der Waals surface area contributed by atoms with Crippen LogP contribution < -0.4 is 14.9 Å². The van der Waals surface area contributed by atoms with Crippen LogP contribution in [-0.2, 0) is 9.47 Å². The maximum absolute atomic E-state index is 13.9. The van der Waals surface area contributed by atoms with Crippen molar-refractivity contribution in [2.75, 3.05) is 13.2 Å². The van der Waals surface area contributed by atoms with Crippen LogP contribution in [0.5, 0.6) is 28.7 Å². The van der Waals surface area contributed by atoms with Crippen LogP contribution in [0.4, 0.5) is 0 Å². The number of phenolic OH excluding ortho intramolecular Hbond substituents is 3. The van der Waals surface area contributed by atoms with E-state index in [9.17, 15) is 61.0 Å². The van der Waals surface area contributed by atoms with Crippen LogP contribution in [-0.4, -0.2) is 131 Å². The molecule has 2 aliphatic heterocycles. The quantitative estimate of drug-likeness (QED) is 0.124. The normalized spacial score (nSPS) is 32.5. The third-order valence-corrected chi connectivity index (χ3v) is 7.34. The Morgan fingerprint density at radius 2 is 1.18 bits per heavy atom. The lowest BCUT2D eigenvalue weighted by molar-refractivity contribution is -0.277. The molecule has 0 unspecified atom stereocenters. The van der Waals surface area contributed by atoms with Crippen molar-refractivity contribution in [2.24, 2.45) is 0 Å². The largest absolute Gasteiger partial charge is 0.508 e. The average molecular weight is 627 g/mol. The van der Waals surface area contributed by atoms with Crippen molar-refractivity contribution in [3.8, 4) is 40.1 Å². The van der Waals surface area contributed by atoms with Crippen molar-refractivity contribution >= 4 is 11.0 Å². The zero-order chi connectivity index (χ0) is 32.0. The number of aliphatic hydroxyl groups is 8. The average Bonchev–Trinajstić information content (AvgIpc) is 3.00. The second-order valence-electron chi connectivity index (χ2n) is 10.2. The molecule has 3 aromatic rings. The van der Waals surface area contributed by atoms with Crippen molar-refractivity contribution in [3.63, 3.8) is 0 Å². The van der Waals surface area contributed by atoms with E-state index in [1.807, 2.05) is 0 Å². The van der Waals surface area contributed by atoms with Gasteiger partial charge in [0.1, 0.15) is 65.6 Å². The lowest BCUT2D eigenvalue weighted by Crippen LogP contribution is -2.60. The van der Waals surface area contributed by atoms with Crippen molar-refractivity contribution in [2.45, 2.75) is 61.4 Å². The molecule has 240 valence electrons. The van der Waals surface area contributed by atoms with E-state index < -0.39 is 114 Å². The van der Waals surface area contributed by atoms with Gasteiger partial charge in [0.25, 0.3) is 0 Å². The maximum Gasteiger partial charge on any atom is 0.239 e. The fourth-order valence-electron chi connectivity index (χ4n) is 4.87. The third kappa shape index (κ3) is 5.50. The van der Waals surface area contributed by atoms with E-state index in [0.29, 0.717) is 0 Å². The summed E-state index contributed by atoms with van der Waals surface area (Å²) >= 11 is 0. The van der Waals surface area contributed by atoms with Gasteiger partial charge in [-0.1, -0.05) is 0 Å². The summed E-state index contributed by atoms with van der Waals surface area (Å²) in [4.78, 5) is 13.9. The van der Waals surface area contributed by atoms with E-state index in [1.165, 1.54) is 24.3 Å². The molecule has 2 saturated heterocycles. The Kier molecular flexibility index (Phi) is 8.87. The van der Waals surface area contributed by atoms with Gasteiger partial charge in [-0.15, -0.1) is 0 Å². The van der Waals surface area contributed by atoms with Gasteiger partial charge in [0.2, 0.25) is 29.5 Å². The summed E-state index contributed by atoms with van der Waals surface area (Å²) < 4.78 is 27.4. The highest BCUT2D eigenvalue weighted by molar-refractivity contribution is 5.91. The van der Waals surface area contributed by atoms with Gasteiger partial charge in [0.15, 0.2) is 17.3 Å². The molecular formula is C27H30O17. The summed E-state index contributed by atoms with van der Waals surface area (Å²) in [5.74, 6) is -3.99. The summed E-state index contributed by atoms with van der Waals surface area (Å²) in [6.45, 7) is -1.61. The summed E-state index contributed by atoms with van der Waals surface area (Å²) in [7, 11) is 0.